The largest absolute Gasteiger partial charge is 0.373 e. The van der Waals surface area contributed by atoms with E-state index in [9.17, 15) is 4.79 Å². The van der Waals surface area contributed by atoms with Crippen LogP contribution in [0.1, 0.15) is 29.6 Å². The first kappa shape index (κ1) is 13.7. The molecule has 3 atom stereocenters. The number of rotatable bonds is 2. The molecule has 1 saturated carbocycles. The molecule has 1 saturated heterocycles. The second kappa shape index (κ2) is 5.70. The highest BCUT2D eigenvalue weighted by Gasteiger charge is 2.34. The summed E-state index contributed by atoms with van der Waals surface area (Å²) < 4.78 is 11.5. The van der Waals surface area contributed by atoms with E-state index in [0.29, 0.717) is 18.8 Å². The SMILES string of the molecule is O=C(NC1CCC2OCCOC2C1)c1ccc2nc[nH]c2c1. The van der Waals surface area contributed by atoms with E-state index in [1.54, 1.807) is 6.33 Å². The summed E-state index contributed by atoms with van der Waals surface area (Å²) in [5.74, 6) is -0.0447. The van der Waals surface area contributed by atoms with Gasteiger partial charge in [0.15, 0.2) is 0 Å². The Kier molecular flexibility index (Phi) is 3.56. The van der Waals surface area contributed by atoms with Crippen LogP contribution in [0, 0.1) is 0 Å². The number of ether oxygens (including phenoxy) is 2. The minimum absolute atomic E-state index is 0.0447. The van der Waals surface area contributed by atoms with Gasteiger partial charge in [-0.15, -0.1) is 0 Å². The summed E-state index contributed by atoms with van der Waals surface area (Å²) in [5.41, 5.74) is 2.39. The number of fused-ring (bicyclic) bond motifs is 2. The van der Waals surface area contributed by atoms with Gasteiger partial charge < -0.3 is 19.8 Å². The van der Waals surface area contributed by atoms with Gasteiger partial charge in [0.1, 0.15) is 0 Å². The number of hydrogen-bond acceptors (Lipinski definition) is 4. The molecule has 0 bridgehead atoms. The van der Waals surface area contributed by atoms with Crippen molar-refractivity contribution in [2.75, 3.05) is 13.2 Å². The number of nitrogens with zero attached hydrogens (tertiary/aromatic N) is 1. The van der Waals surface area contributed by atoms with Crippen molar-refractivity contribution < 1.29 is 14.3 Å². The first-order valence-corrected chi connectivity index (χ1v) is 7.77. The maximum Gasteiger partial charge on any atom is 0.251 e. The van der Waals surface area contributed by atoms with Crippen molar-refractivity contribution >= 4 is 16.9 Å². The molecule has 4 rings (SSSR count). The quantitative estimate of drug-likeness (QED) is 0.884. The molecule has 2 N–H and O–H groups in total. The number of aromatic nitrogens is 2. The molecule has 0 spiro atoms. The molecule has 1 aromatic carbocycles. The Bertz CT molecular complexity index is 684. The topological polar surface area (TPSA) is 76.2 Å². The van der Waals surface area contributed by atoms with Crippen LogP contribution in [0.25, 0.3) is 11.0 Å². The summed E-state index contributed by atoms with van der Waals surface area (Å²) in [6, 6.07) is 5.65. The van der Waals surface area contributed by atoms with Crippen LogP contribution in [0.2, 0.25) is 0 Å². The van der Waals surface area contributed by atoms with Gasteiger partial charge in [-0.1, -0.05) is 0 Å². The number of benzene rings is 1. The molecule has 6 nitrogen and oxygen atoms in total. The monoisotopic (exact) mass is 301 g/mol. The van der Waals surface area contributed by atoms with Gasteiger partial charge in [0, 0.05) is 11.6 Å². The first-order chi connectivity index (χ1) is 10.8. The fourth-order valence-corrected chi connectivity index (χ4v) is 3.34. The highest BCUT2D eigenvalue weighted by molar-refractivity contribution is 5.97. The average Bonchev–Trinajstić information content (AvgIpc) is 3.02. The molecule has 2 heterocycles. The van der Waals surface area contributed by atoms with Crippen molar-refractivity contribution in [3.8, 4) is 0 Å². The van der Waals surface area contributed by atoms with Gasteiger partial charge >= 0.3 is 0 Å². The predicted molar refractivity (Wildman–Crippen MR) is 80.7 cm³/mol. The van der Waals surface area contributed by atoms with Crippen LogP contribution in [0.15, 0.2) is 24.5 Å². The van der Waals surface area contributed by atoms with Crippen LogP contribution in [0.5, 0.6) is 0 Å². The fraction of sp³-hybridized carbons (Fsp3) is 0.500. The number of carbonyl (C=O) groups excluding carboxylic acids is 1. The van der Waals surface area contributed by atoms with E-state index >= 15 is 0 Å². The van der Waals surface area contributed by atoms with Crippen molar-refractivity contribution in [2.24, 2.45) is 0 Å². The second-order valence-electron chi connectivity index (χ2n) is 5.94. The number of imidazole rings is 1. The third kappa shape index (κ3) is 2.60. The average molecular weight is 301 g/mol. The molecule has 1 aliphatic carbocycles. The third-order valence-corrected chi connectivity index (χ3v) is 4.50. The van der Waals surface area contributed by atoms with Crippen molar-refractivity contribution in [1.29, 1.82) is 0 Å². The predicted octanol–water partition coefficient (Wildman–Crippen LogP) is 1.63. The number of H-pyrrole nitrogens is 1. The lowest BCUT2D eigenvalue weighted by Gasteiger charge is -2.39. The van der Waals surface area contributed by atoms with Gasteiger partial charge in [0.2, 0.25) is 0 Å². The summed E-state index contributed by atoms with van der Waals surface area (Å²) in [5, 5.41) is 3.12. The highest BCUT2D eigenvalue weighted by atomic mass is 16.6. The lowest BCUT2D eigenvalue weighted by Crippen LogP contribution is -2.49. The molecule has 0 radical (unpaired) electrons. The third-order valence-electron chi connectivity index (χ3n) is 4.50. The van der Waals surface area contributed by atoms with Crippen LogP contribution in [-0.2, 0) is 9.47 Å². The normalized spacial score (nSPS) is 28.3. The first-order valence-electron chi connectivity index (χ1n) is 7.77. The maximum absolute atomic E-state index is 12.4. The lowest BCUT2D eigenvalue weighted by atomic mass is 9.89. The summed E-state index contributed by atoms with van der Waals surface area (Å²) in [6.45, 7) is 1.33. The van der Waals surface area contributed by atoms with E-state index in [-0.39, 0.29) is 24.2 Å². The van der Waals surface area contributed by atoms with E-state index in [2.05, 4.69) is 15.3 Å². The Hall–Kier alpha value is -1.92. The zero-order valence-corrected chi connectivity index (χ0v) is 12.2. The van der Waals surface area contributed by atoms with Gasteiger partial charge in [-0.2, -0.15) is 0 Å². The standard InChI is InChI=1S/C16H19N3O3/c20-16(10-1-3-12-13(7-10)18-9-17-12)19-11-2-4-14-15(8-11)22-6-5-21-14/h1,3,7,9,11,14-15H,2,4-6,8H2,(H,17,18)(H,19,20). The Morgan fingerprint density at radius 1 is 1.23 bits per heavy atom. The Morgan fingerprint density at radius 2 is 2.09 bits per heavy atom. The Balaban J connectivity index is 1.43. The molecule has 3 unspecified atom stereocenters. The van der Waals surface area contributed by atoms with Crippen LogP contribution in [-0.4, -0.2) is 47.3 Å². The van der Waals surface area contributed by atoms with Crippen molar-refractivity contribution in [3.63, 3.8) is 0 Å². The number of amides is 1. The Morgan fingerprint density at radius 3 is 3.00 bits per heavy atom. The molecular weight excluding hydrogens is 282 g/mol. The Labute approximate surface area is 128 Å². The fourth-order valence-electron chi connectivity index (χ4n) is 3.34. The van der Waals surface area contributed by atoms with E-state index in [1.807, 2.05) is 18.2 Å². The number of hydrogen-bond donors (Lipinski definition) is 2. The number of carbonyl (C=O) groups is 1. The zero-order valence-electron chi connectivity index (χ0n) is 12.2. The van der Waals surface area contributed by atoms with Gasteiger partial charge in [0.05, 0.1) is 42.8 Å². The summed E-state index contributed by atoms with van der Waals surface area (Å²) >= 11 is 0. The molecule has 1 aromatic heterocycles. The zero-order chi connectivity index (χ0) is 14.9. The minimum atomic E-state index is -0.0447. The van der Waals surface area contributed by atoms with Crippen LogP contribution in [0.4, 0.5) is 0 Å². The van der Waals surface area contributed by atoms with Gasteiger partial charge in [0.25, 0.3) is 5.91 Å². The molecule has 116 valence electrons. The van der Waals surface area contributed by atoms with Crippen molar-refractivity contribution in [3.05, 3.63) is 30.1 Å². The van der Waals surface area contributed by atoms with Crippen LogP contribution in [0.3, 0.4) is 0 Å². The lowest BCUT2D eigenvalue weighted by molar-refractivity contribution is -0.157. The molecule has 1 aliphatic heterocycles. The highest BCUT2D eigenvalue weighted by Crippen LogP contribution is 2.27. The summed E-state index contributed by atoms with van der Waals surface area (Å²) in [4.78, 5) is 19.6. The smallest absolute Gasteiger partial charge is 0.251 e. The maximum atomic E-state index is 12.4. The van der Waals surface area contributed by atoms with Gasteiger partial charge in [-0.25, -0.2) is 4.98 Å². The number of aromatic amines is 1. The molecule has 2 aromatic rings. The van der Waals surface area contributed by atoms with Crippen molar-refractivity contribution in [1.82, 2.24) is 15.3 Å². The van der Waals surface area contributed by atoms with E-state index in [4.69, 9.17) is 9.47 Å². The molecular formula is C16H19N3O3. The van der Waals surface area contributed by atoms with Crippen LogP contribution >= 0.6 is 0 Å². The van der Waals surface area contributed by atoms with E-state index in [1.165, 1.54) is 0 Å². The van der Waals surface area contributed by atoms with Gasteiger partial charge in [-0.3, -0.25) is 4.79 Å². The minimum Gasteiger partial charge on any atom is -0.373 e. The molecule has 2 fully saturated rings. The summed E-state index contributed by atoms with van der Waals surface area (Å²) in [7, 11) is 0. The molecule has 22 heavy (non-hydrogen) atoms. The van der Waals surface area contributed by atoms with E-state index in [0.717, 1.165) is 30.3 Å². The van der Waals surface area contributed by atoms with Gasteiger partial charge in [-0.05, 0) is 37.5 Å². The molecule has 2 aliphatic rings. The molecule has 6 heteroatoms. The van der Waals surface area contributed by atoms with E-state index < -0.39 is 0 Å². The molecule has 1 amide bonds. The number of nitrogens with one attached hydrogen (secondary N) is 2. The summed E-state index contributed by atoms with van der Waals surface area (Å²) in [6.07, 6.45) is 4.64. The second-order valence-corrected chi connectivity index (χ2v) is 5.94. The van der Waals surface area contributed by atoms with Crippen LogP contribution < -0.4 is 5.32 Å². The van der Waals surface area contributed by atoms with Crippen molar-refractivity contribution in [2.45, 2.75) is 37.5 Å².